The van der Waals surface area contributed by atoms with Crippen molar-refractivity contribution in [2.75, 3.05) is 6.61 Å². The van der Waals surface area contributed by atoms with Gasteiger partial charge in [0, 0.05) is 0 Å². The molecule has 1 nitrogen and oxygen atoms in total. The van der Waals surface area contributed by atoms with Crippen molar-refractivity contribution in [3.8, 4) is 28.0 Å². The summed E-state index contributed by atoms with van der Waals surface area (Å²) in [5, 5.41) is 0. The van der Waals surface area contributed by atoms with Gasteiger partial charge >= 0.3 is 0 Å². The molecule has 1 atom stereocenters. The lowest BCUT2D eigenvalue weighted by Crippen LogP contribution is -1.97. The largest absolute Gasteiger partial charge is 0.494 e. The maximum atomic E-state index is 5.52. The van der Waals surface area contributed by atoms with Gasteiger partial charge in [-0.15, -0.1) is 13.2 Å². The number of rotatable bonds is 14. The number of hydrogen-bond donors (Lipinski definition) is 0. The summed E-state index contributed by atoms with van der Waals surface area (Å²) in [6.07, 6.45) is 17.8. The highest BCUT2D eigenvalue weighted by Crippen LogP contribution is 2.27. The smallest absolute Gasteiger partial charge is 0.119 e. The lowest BCUT2D eigenvalue weighted by Gasteiger charge is -2.14. The summed E-state index contributed by atoms with van der Waals surface area (Å²) in [5.74, 6) is 1.68. The predicted octanol–water partition coefficient (Wildman–Crippen LogP) is 19.6. The number of unbranched alkanes of at least 4 members (excludes halogenated alkanes) is 2. The second-order valence-electron chi connectivity index (χ2n) is 17.9. The van der Waals surface area contributed by atoms with Crippen LogP contribution in [-0.2, 0) is 0 Å². The third kappa shape index (κ3) is 20.9. The molecule has 7 aromatic carbocycles. The molecule has 7 aromatic rings. The van der Waals surface area contributed by atoms with Gasteiger partial charge in [0.2, 0.25) is 0 Å². The molecule has 0 N–H and O–H groups in total. The molecule has 0 fully saturated rings. The molecule has 0 saturated carbocycles. The van der Waals surface area contributed by atoms with Crippen molar-refractivity contribution >= 4 is 5.57 Å². The molecule has 352 valence electrons. The molecule has 68 heavy (non-hydrogen) atoms. The van der Waals surface area contributed by atoms with Crippen LogP contribution in [0.15, 0.2) is 225 Å². The highest BCUT2D eigenvalue weighted by Gasteiger charge is 2.08. The summed E-state index contributed by atoms with van der Waals surface area (Å²) in [7, 11) is 0. The molecule has 0 amide bonds. The molecule has 0 radical (unpaired) electrons. The maximum absolute atomic E-state index is 5.52. The molecule has 0 bridgehead atoms. The minimum absolute atomic E-state index is 0.727. The molecule has 8 rings (SSSR count). The van der Waals surface area contributed by atoms with Gasteiger partial charge in [-0.05, 0) is 150 Å². The summed E-state index contributed by atoms with van der Waals surface area (Å²) in [6.45, 7) is 23.2. The third-order valence-corrected chi connectivity index (χ3v) is 11.9. The van der Waals surface area contributed by atoms with Crippen molar-refractivity contribution in [2.45, 2.75) is 106 Å². The Bertz CT molecular complexity index is 2440. The normalized spacial score (nSPS) is 11.7. The summed E-state index contributed by atoms with van der Waals surface area (Å²) in [5.41, 5.74) is 17.5. The molecular weight excluding hydrogens is 821 g/mol. The van der Waals surface area contributed by atoms with E-state index in [9.17, 15) is 0 Å². The highest BCUT2D eigenvalue weighted by molar-refractivity contribution is 5.68. The molecule has 1 aliphatic carbocycles. The first kappa shape index (κ1) is 53.9. The Morgan fingerprint density at radius 3 is 1.25 bits per heavy atom. The van der Waals surface area contributed by atoms with Gasteiger partial charge in [0.25, 0.3) is 0 Å². The van der Waals surface area contributed by atoms with Crippen LogP contribution in [0.3, 0.4) is 0 Å². The molecule has 0 aliphatic heterocycles. The first-order valence-electron chi connectivity index (χ1n) is 24.7. The zero-order valence-electron chi connectivity index (χ0n) is 42.4. The molecule has 1 heteroatoms. The van der Waals surface area contributed by atoms with Crippen LogP contribution in [0.4, 0.5) is 0 Å². The first-order valence-corrected chi connectivity index (χ1v) is 24.7. The number of allylic oxidation sites excluding steroid dienone is 6. The van der Waals surface area contributed by atoms with Crippen molar-refractivity contribution in [3.05, 3.63) is 264 Å². The molecule has 1 unspecified atom stereocenters. The average molecular weight is 899 g/mol. The number of ether oxygens (including phenoxy) is 1. The number of hydrogen-bond acceptors (Lipinski definition) is 1. The average Bonchev–Trinajstić information content (AvgIpc) is 3.37. The van der Waals surface area contributed by atoms with E-state index in [1.54, 1.807) is 0 Å². The van der Waals surface area contributed by atoms with Crippen LogP contribution in [0.1, 0.15) is 110 Å². The maximum Gasteiger partial charge on any atom is 0.119 e. The van der Waals surface area contributed by atoms with Gasteiger partial charge in [0.05, 0.1) is 6.61 Å². The lowest BCUT2D eigenvalue weighted by atomic mass is 9.91. The fraction of sp³-hybridized carbons (Fsp3) is 0.254. The van der Waals surface area contributed by atoms with Crippen molar-refractivity contribution < 1.29 is 4.74 Å². The second-order valence-corrected chi connectivity index (χ2v) is 17.9. The lowest BCUT2D eigenvalue weighted by molar-refractivity contribution is 0.312. The molecular formula is C67H78O. The first-order chi connectivity index (χ1) is 33.1. The Balaban J connectivity index is 0.000000185. The minimum atomic E-state index is 0.727. The summed E-state index contributed by atoms with van der Waals surface area (Å²) >= 11 is 0. The van der Waals surface area contributed by atoms with E-state index >= 15 is 0 Å². The van der Waals surface area contributed by atoms with Crippen molar-refractivity contribution in [1.82, 2.24) is 0 Å². The van der Waals surface area contributed by atoms with Gasteiger partial charge in [-0.1, -0.05) is 234 Å². The van der Waals surface area contributed by atoms with E-state index in [1.807, 2.05) is 30.4 Å². The Labute approximate surface area is 412 Å². The van der Waals surface area contributed by atoms with Crippen LogP contribution >= 0.6 is 0 Å². The van der Waals surface area contributed by atoms with E-state index < -0.39 is 0 Å². The third-order valence-electron chi connectivity index (χ3n) is 11.9. The van der Waals surface area contributed by atoms with Crippen molar-refractivity contribution in [3.63, 3.8) is 0 Å². The van der Waals surface area contributed by atoms with E-state index in [-0.39, 0.29) is 0 Å². The van der Waals surface area contributed by atoms with Gasteiger partial charge in [-0.2, -0.15) is 0 Å². The van der Waals surface area contributed by atoms with Crippen LogP contribution in [0.2, 0.25) is 0 Å². The Morgan fingerprint density at radius 2 is 0.838 bits per heavy atom. The number of benzene rings is 7. The zero-order chi connectivity index (χ0) is 48.8. The zero-order valence-corrected chi connectivity index (χ0v) is 42.4. The monoisotopic (exact) mass is 899 g/mol. The molecule has 0 aromatic heterocycles. The Hall–Kier alpha value is -6.70. The van der Waals surface area contributed by atoms with Crippen LogP contribution in [0.5, 0.6) is 5.75 Å². The molecule has 0 spiro atoms. The summed E-state index contributed by atoms with van der Waals surface area (Å²) in [6, 6.07) is 64.0. The van der Waals surface area contributed by atoms with Gasteiger partial charge in [-0.3, -0.25) is 0 Å². The predicted molar refractivity (Wildman–Crippen MR) is 300 cm³/mol. The summed E-state index contributed by atoms with van der Waals surface area (Å²) < 4.78 is 5.52. The standard InChI is InChI=1S/C15H22.C14H14.C13H14.C13H12.C12H16O/c1-4-6-7-8-14(5-2)15-11-9-13(3)10-12-15;1-11-3-7-13(8-4-11)14-9-5-12(2)6-10-14;2*1-11-7-9-13(10-8-11)12-5-3-2-4-6-12;1-3-4-5-10-13-12-8-6-11(2)7-9-12/h4,9-12,14H,1,5-8H2,2-3H3;3-10H,1-2H3;2-7,9H,8,10H2,1H3;2-10H,1H3;3,6-9H,1,4-5,10H2,2H3. The van der Waals surface area contributed by atoms with E-state index in [4.69, 9.17) is 4.74 Å². The van der Waals surface area contributed by atoms with E-state index in [0.29, 0.717) is 0 Å². The fourth-order valence-corrected chi connectivity index (χ4v) is 7.51. The Morgan fingerprint density at radius 1 is 0.441 bits per heavy atom. The van der Waals surface area contributed by atoms with E-state index in [2.05, 4.69) is 238 Å². The van der Waals surface area contributed by atoms with Gasteiger partial charge in [-0.25, -0.2) is 0 Å². The Kier molecular flexibility index (Phi) is 24.8. The topological polar surface area (TPSA) is 9.23 Å². The van der Waals surface area contributed by atoms with Gasteiger partial charge in [0.15, 0.2) is 0 Å². The van der Waals surface area contributed by atoms with Crippen LogP contribution < -0.4 is 4.74 Å². The van der Waals surface area contributed by atoms with Crippen LogP contribution in [-0.4, -0.2) is 6.61 Å². The minimum Gasteiger partial charge on any atom is -0.494 e. The molecule has 0 heterocycles. The van der Waals surface area contributed by atoms with Crippen molar-refractivity contribution in [1.29, 1.82) is 0 Å². The van der Waals surface area contributed by atoms with Crippen molar-refractivity contribution in [2.24, 2.45) is 0 Å². The highest BCUT2D eigenvalue weighted by atomic mass is 16.5. The second kappa shape index (κ2) is 31.3. The van der Waals surface area contributed by atoms with Gasteiger partial charge in [0.1, 0.15) is 5.75 Å². The SMILES string of the molecule is C=CCCCC(CC)c1ccc(C)cc1.C=CCCCOc1ccc(C)cc1.CC1=CC=C(c2ccccc2)CC1.Cc1ccc(-c2ccc(C)cc2)cc1.Cc1ccc(-c2ccccc2)cc1. The van der Waals surface area contributed by atoms with E-state index in [1.165, 1.54) is 104 Å². The molecule has 1 aliphatic rings. The quantitative estimate of drug-likeness (QED) is 0.0781. The van der Waals surface area contributed by atoms with Gasteiger partial charge < -0.3 is 4.74 Å². The fourth-order valence-electron chi connectivity index (χ4n) is 7.51. The summed E-state index contributed by atoms with van der Waals surface area (Å²) in [4.78, 5) is 0. The number of aryl methyl sites for hydroxylation is 5. The van der Waals surface area contributed by atoms with E-state index in [0.717, 1.165) is 37.5 Å². The molecule has 0 saturated heterocycles. The van der Waals surface area contributed by atoms with Crippen LogP contribution in [0, 0.1) is 34.6 Å². The van der Waals surface area contributed by atoms with Crippen LogP contribution in [0.25, 0.3) is 27.8 Å².